The third-order valence-corrected chi connectivity index (χ3v) is 3.48. The fourth-order valence-electron chi connectivity index (χ4n) is 1.87. The van der Waals surface area contributed by atoms with E-state index < -0.39 is 0 Å². The largest absolute Gasteiger partial charge is 0.492 e. The van der Waals surface area contributed by atoms with E-state index in [4.69, 9.17) is 4.74 Å². The number of amides is 1. The SMILES string of the molecule is CN(CCOc1ccc(F)cc1)C(=O)c1cc(Br)cn1C. The first-order valence-corrected chi connectivity index (χ1v) is 7.22. The lowest BCUT2D eigenvalue weighted by atomic mass is 10.3. The first-order chi connectivity index (χ1) is 9.97. The molecule has 0 atom stereocenters. The number of hydrogen-bond acceptors (Lipinski definition) is 2. The molecule has 1 heterocycles. The maximum absolute atomic E-state index is 12.8. The van der Waals surface area contributed by atoms with Crippen molar-refractivity contribution in [1.82, 2.24) is 9.47 Å². The summed E-state index contributed by atoms with van der Waals surface area (Å²) in [6.07, 6.45) is 1.83. The molecule has 0 aliphatic carbocycles. The highest BCUT2D eigenvalue weighted by molar-refractivity contribution is 9.10. The molecule has 1 aromatic carbocycles. The van der Waals surface area contributed by atoms with Crippen molar-refractivity contribution < 1.29 is 13.9 Å². The van der Waals surface area contributed by atoms with Gasteiger partial charge in [-0.1, -0.05) is 0 Å². The Bertz CT molecular complexity index is 625. The number of likely N-dealkylation sites (N-methyl/N-ethyl adjacent to an activating group) is 1. The first-order valence-electron chi connectivity index (χ1n) is 6.43. The van der Waals surface area contributed by atoms with Gasteiger partial charge in [0.15, 0.2) is 0 Å². The van der Waals surface area contributed by atoms with Crippen LogP contribution in [0, 0.1) is 5.82 Å². The van der Waals surface area contributed by atoms with Crippen LogP contribution in [-0.4, -0.2) is 35.6 Å². The zero-order chi connectivity index (χ0) is 15.4. The van der Waals surface area contributed by atoms with Crippen LogP contribution in [0.2, 0.25) is 0 Å². The molecule has 0 saturated heterocycles. The van der Waals surface area contributed by atoms with Gasteiger partial charge in [-0.05, 0) is 46.3 Å². The average molecular weight is 355 g/mol. The van der Waals surface area contributed by atoms with Gasteiger partial charge >= 0.3 is 0 Å². The summed E-state index contributed by atoms with van der Waals surface area (Å²) in [5.41, 5.74) is 0.603. The zero-order valence-electron chi connectivity index (χ0n) is 11.8. The highest BCUT2D eigenvalue weighted by atomic mass is 79.9. The second-order valence-corrected chi connectivity index (χ2v) is 5.60. The van der Waals surface area contributed by atoms with Gasteiger partial charge in [0.1, 0.15) is 23.9 Å². The summed E-state index contributed by atoms with van der Waals surface area (Å²) in [5.74, 6) is 0.202. The molecule has 4 nitrogen and oxygen atoms in total. The van der Waals surface area contributed by atoms with Gasteiger partial charge in [-0.15, -0.1) is 0 Å². The molecule has 0 fully saturated rings. The molecule has 21 heavy (non-hydrogen) atoms. The van der Waals surface area contributed by atoms with Crippen molar-refractivity contribution in [2.45, 2.75) is 0 Å². The predicted octanol–water partition coefficient (Wildman–Crippen LogP) is 3.08. The number of rotatable bonds is 5. The van der Waals surface area contributed by atoms with E-state index in [-0.39, 0.29) is 11.7 Å². The van der Waals surface area contributed by atoms with Crippen molar-refractivity contribution in [3.63, 3.8) is 0 Å². The molecule has 0 radical (unpaired) electrons. The van der Waals surface area contributed by atoms with E-state index in [1.807, 2.05) is 13.2 Å². The highest BCUT2D eigenvalue weighted by Gasteiger charge is 2.15. The number of aromatic nitrogens is 1. The summed E-state index contributed by atoms with van der Waals surface area (Å²) in [6.45, 7) is 0.790. The van der Waals surface area contributed by atoms with E-state index in [1.165, 1.54) is 12.1 Å². The number of benzene rings is 1. The molecule has 0 N–H and O–H groups in total. The van der Waals surface area contributed by atoms with Gasteiger partial charge in [0.05, 0.1) is 6.54 Å². The van der Waals surface area contributed by atoms with Crippen molar-refractivity contribution in [3.05, 3.63) is 52.5 Å². The molecule has 1 amide bonds. The Kier molecular flexibility index (Phi) is 5.01. The first kappa shape index (κ1) is 15.6. The molecule has 112 valence electrons. The fraction of sp³-hybridized carbons (Fsp3) is 0.267. The molecule has 0 spiro atoms. The van der Waals surface area contributed by atoms with Gasteiger partial charge < -0.3 is 14.2 Å². The highest BCUT2D eigenvalue weighted by Crippen LogP contribution is 2.15. The summed E-state index contributed by atoms with van der Waals surface area (Å²) in [4.78, 5) is 13.8. The van der Waals surface area contributed by atoms with Crippen LogP contribution < -0.4 is 4.74 Å². The van der Waals surface area contributed by atoms with Gasteiger partial charge in [0.2, 0.25) is 0 Å². The lowest BCUT2D eigenvalue weighted by molar-refractivity contribution is 0.0764. The number of hydrogen-bond donors (Lipinski definition) is 0. The third-order valence-electron chi connectivity index (χ3n) is 3.05. The quantitative estimate of drug-likeness (QED) is 0.826. The average Bonchev–Trinajstić information content (AvgIpc) is 2.79. The van der Waals surface area contributed by atoms with Crippen LogP contribution in [0.1, 0.15) is 10.5 Å². The van der Waals surface area contributed by atoms with Crippen LogP contribution in [0.3, 0.4) is 0 Å². The Hall–Kier alpha value is -1.82. The molecule has 0 aliphatic rings. The van der Waals surface area contributed by atoms with E-state index in [1.54, 1.807) is 34.7 Å². The van der Waals surface area contributed by atoms with Crippen LogP contribution in [0.4, 0.5) is 4.39 Å². The smallest absolute Gasteiger partial charge is 0.270 e. The van der Waals surface area contributed by atoms with Gasteiger partial charge in [-0.2, -0.15) is 0 Å². The van der Waals surface area contributed by atoms with Gasteiger partial charge in [-0.3, -0.25) is 4.79 Å². The standard InChI is InChI=1S/C15H16BrFN2O2/c1-18(15(20)14-9-11(16)10-19(14)2)7-8-21-13-5-3-12(17)4-6-13/h3-6,9-10H,7-8H2,1-2H3. The van der Waals surface area contributed by atoms with Gasteiger partial charge in [-0.25, -0.2) is 4.39 Å². The van der Waals surface area contributed by atoms with Crippen LogP contribution in [0.5, 0.6) is 5.75 Å². The summed E-state index contributed by atoms with van der Waals surface area (Å²) in [5, 5.41) is 0. The maximum Gasteiger partial charge on any atom is 0.270 e. The monoisotopic (exact) mass is 354 g/mol. The Balaban J connectivity index is 1.87. The van der Waals surface area contributed by atoms with Crippen LogP contribution in [0.25, 0.3) is 0 Å². The van der Waals surface area contributed by atoms with E-state index in [2.05, 4.69) is 15.9 Å². The Morgan fingerprint density at radius 3 is 2.62 bits per heavy atom. The molecular weight excluding hydrogens is 339 g/mol. The summed E-state index contributed by atoms with van der Waals surface area (Å²) >= 11 is 3.34. The number of carbonyl (C=O) groups is 1. The second kappa shape index (κ2) is 6.76. The minimum Gasteiger partial charge on any atom is -0.492 e. The molecule has 0 aliphatic heterocycles. The van der Waals surface area contributed by atoms with Crippen molar-refractivity contribution >= 4 is 21.8 Å². The Labute approximate surface area is 131 Å². The summed E-state index contributed by atoms with van der Waals surface area (Å²) < 4.78 is 20.9. The van der Waals surface area contributed by atoms with E-state index in [0.29, 0.717) is 24.6 Å². The summed E-state index contributed by atoms with van der Waals surface area (Å²) in [7, 11) is 3.54. The van der Waals surface area contributed by atoms with E-state index in [0.717, 1.165) is 4.47 Å². The Morgan fingerprint density at radius 2 is 2.05 bits per heavy atom. The molecule has 2 rings (SSSR count). The molecule has 0 bridgehead atoms. The van der Waals surface area contributed by atoms with Crippen LogP contribution in [0.15, 0.2) is 41.0 Å². The van der Waals surface area contributed by atoms with Gasteiger partial charge in [0, 0.05) is 24.8 Å². The lowest BCUT2D eigenvalue weighted by Crippen LogP contribution is -2.32. The summed E-state index contributed by atoms with van der Waals surface area (Å²) in [6, 6.07) is 7.58. The minimum atomic E-state index is -0.302. The molecular formula is C15H16BrFN2O2. The number of nitrogens with zero attached hydrogens (tertiary/aromatic N) is 2. The normalized spacial score (nSPS) is 10.5. The van der Waals surface area contributed by atoms with Crippen molar-refractivity contribution in [2.75, 3.05) is 20.2 Å². The van der Waals surface area contributed by atoms with Crippen molar-refractivity contribution in [1.29, 1.82) is 0 Å². The molecule has 2 aromatic rings. The molecule has 1 aromatic heterocycles. The lowest BCUT2D eigenvalue weighted by Gasteiger charge is -2.17. The van der Waals surface area contributed by atoms with Crippen LogP contribution in [-0.2, 0) is 7.05 Å². The minimum absolute atomic E-state index is 0.0779. The number of carbonyl (C=O) groups excluding carboxylic acids is 1. The van der Waals surface area contributed by atoms with E-state index >= 15 is 0 Å². The number of aryl methyl sites for hydroxylation is 1. The topological polar surface area (TPSA) is 34.5 Å². The Morgan fingerprint density at radius 1 is 1.38 bits per heavy atom. The maximum atomic E-state index is 12.8. The van der Waals surface area contributed by atoms with Crippen molar-refractivity contribution in [2.24, 2.45) is 7.05 Å². The van der Waals surface area contributed by atoms with Gasteiger partial charge in [0.25, 0.3) is 5.91 Å². The second-order valence-electron chi connectivity index (χ2n) is 4.68. The molecule has 6 heteroatoms. The molecule has 0 saturated carbocycles. The molecule has 0 unspecified atom stereocenters. The zero-order valence-corrected chi connectivity index (χ0v) is 13.4. The number of halogens is 2. The number of ether oxygens (including phenoxy) is 1. The van der Waals surface area contributed by atoms with E-state index in [9.17, 15) is 9.18 Å². The third kappa shape index (κ3) is 4.07. The van der Waals surface area contributed by atoms with Crippen LogP contribution >= 0.6 is 15.9 Å². The van der Waals surface area contributed by atoms with Crippen molar-refractivity contribution in [3.8, 4) is 5.75 Å². The predicted molar refractivity (Wildman–Crippen MR) is 82.0 cm³/mol. The fourth-order valence-corrected chi connectivity index (χ4v) is 2.39.